The fourth-order valence-corrected chi connectivity index (χ4v) is 2.82. The predicted molar refractivity (Wildman–Crippen MR) is 102 cm³/mol. The van der Waals surface area contributed by atoms with Crippen molar-refractivity contribution in [1.29, 1.82) is 0 Å². The number of benzene rings is 3. The van der Waals surface area contributed by atoms with Crippen LogP contribution < -0.4 is 14.4 Å². The zero-order valence-electron chi connectivity index (χ0n) is 15.3. The molecule has 0 bridgehead atoms. The summed E-state index contributed by atoms with van der Waals surface area (Å²) in [5.41, 5.74) is 2.68. The van der Waals surface area contributed by atoms with Gasteiger partial charge >= 0.3 is 0 Å². The van der Waals surface area contributed by atoms with Crippen molar-refractivity contribution in [2.75, 3.05) is 19.1 Å². The van der Waals surface area contributed by atoms with Crippen molar-refractivity contribution < 1.29 is 18.3 Å². The Labute approximate surface area is 157 Å². The first-order valence-electron chi connectivity index (χ1n) is 8.55. The number of hydrogen-bond acceptors (Lipinski definition) is 3. The van der Waals surface area contributed by atoms with Crippen molar-refractivity contribution in [2.45, 2.75) is 13.1 Å². The largest absolute Gasteiger partial charge is 0.497 e. The van der Waals surface area contributed by atoms with Gasteiger partial charge in [-0.2, -0.15) is 0 Å². The Morgan fingerprint density at radius 3 is 1.56 bits per heavy atom. The molecule has 0 saturated carbocycles. The molecule has 3 nitrogen and oxygen atoms in total. The van der Waals surface area contributed by atoms with Crippen molar-refractivity contribution >= 4 is 5.69 Å². The van der Waals surface area contributed by atoms with Gasteiger partial charge in [0.1, 0.15) is 11.5 Å². The van der Waals surface area contributed by atoms with E-state index >= 15 is 0 Å². The summed E-state index contributed by atoms with van der Waals surface area (Å²) in [6.45, 7) is 1.09. The van der Waals surface area contributed by atoms with Gasteiger partial charge in [0.25, 0.3) is 0 Å². The highest BCUT2D eigenvalue weighted by Crippen LogP contribution is 2.24. The van der Waals surface area contributed by atoms with Crippen molar-refractivity contribution in [1.82, 2.24) is 0 Å². The van der Waals surface area contributed by atoms with Crippen LogP contribution in [0.25, 0.3) is 0 Å². The van der Waals surface area contributed by atoms with Crippen LogP contribution in [0.3, 0.4) is 0 Å². The molecule has 3 aromatic rings. The minimum Gasteiger partial charge on any atom is -0.497 e. The third kappa shape index (κ3) is 4.76. The molecule has 0 fully saturated rings. The Bertz CT molecular complexity index is 830. The maximum Gasteiger partial charge on any atom is 0.160 e. The molecule has 0 aromatic heterocycles. The van der Waals surface area contributed by atoms with E-state index in [0.717, 1.165) is 28.7 Å². The maximum absolute atomic E-state index is 13.8. The van der Waals surface area contributed by atoms with Crippen LogP contribution >= 0.6 is 0 Å². The fraction of sp³-hybridized carbons (Fsp3) is 0.182. The van der Waals surface area contributed by atoms with Crippen molar-refractivity contribution in [2.24, 2.45) is 0 Å². The van der Waals surface area contributed by atoms with E-state index in [1.807, 2.05) is 53.4 Å². The van der Waals surface area contributed by atoms with E-state index in [2.05, 4.69) is 0 Å². The first-order chi connectivity index (χ1) is 13.1. The van der Waals surface area contributed by atoms with Crippen LogP contribution in [0.5, 0.6) is 11.5 Å². The van der Waals surface area contributed by atoms with Gasteiger partial charge in [0.05, 0.1) is 14.2 Å². The lowest BCUT2D eigenvalue weighted by Gasteiger charge is -2.25. The first kappa shape index (κ1) is 18.7. The Balaban J connectivity index is 1.87. The lowest BCUT2D eigenvalue weighted by Crippen LogP contribution is -2.22. The molecule has 0 heterocycles. The van der Waals surface area contributed by atoms with E-state index < -0.39 is 11.6 Å². The lowest BCUT2D eigenvalue weighted by molar-refractivity contribution is 0.414. The molecule has 5 heteroatoms. The average molecular weight is 369 g/mol. The molecule has 0 aliphatic heterocycles. The summed E-state index contributed by atoms with van der Waals surface area (Å²) in [5.74, 6) is -0.170. The number of ether oxygens (including phenoxy) is 2. The van der Waals surface area contributed by atoms with Crippen LogP contribution in [0, 0.1) is 11.6 Å². The molecule has 0 N–H and O–H groups in total. The SMILES string of the molecule is COc1ccc(CN(Cc2ccc(OC)cc2)c2ccc(F)c(F)c2)cc1. The van der Waals surface area contributed by atoms with Gasteiger partial charge in [0.2, 0.25) is 0 Å². The van der Waals surface area contributed by atoms with E-state index in [0.29, 0.717) is 18.8 Å². The summed E-state index contributed by atoms with van der Waals surface area (Å²) in [5, 5.41) is 0. The minimum absolute atomic E-state index is 0.543. The van der Waals surface area contributed by atoms with Gasteiger partial charge in [-0.1, -0.05) is 24.3 Å². The van der Waals surface area contributed by atoms with Crippen molar-refractivity contribution in [3.8, 4) is 11.5 Å². The van der Waals surface area contributed by atoms with Gasteiger partial charge in [-0.25, -0.2) is 8.78 Å². The van der Waals surface area contributed by atoms with E-state index in [-0.39, 0.29) is 0 Å². The molecule has 0 atom stereocenters. The maximum atomic E-state index is 13.8. The molecule has 0 amide bonds. The molecule has 0 aliphatic carbocycles. The second-order valence-electron chi connectivity index (χ2n) is 6.15. The number of methoxy groups -OCH3 is 2. The van der Waals surface area contributed by atoms with Gasteiger partial charge in [-0.15, -0.1) is 0 Å². The standard InChI is InChI=1S/C22H21F2NO2/c1-26-19-8-3-16(4-9-19)14-25(18-7-12-21(23)22(24)13-18)15-17-5-10-20(27-2)11-6-17/h3-13H,14-15H2,1-2H3. The van der Waals surface area contributed by atoms with Gasteiger partial charge in [0, 0.05) is 24.8 Å². The third-order valence-corrected chi connectivity index (χ3v) is 4.33. The molecule has 0 unspecified atom stereocenters. The summed E-state index contributed by atoms with van der Waals surface area (Å²) in [6, 6.07) is 19.3. The molecule has 3 aromatic carbocycles. The van der Waals surface area contributed by atoms with Crippen LogP contribution in [0.4, 0.5) is 14.5 Å². The Kier molecular flexibility index (Phi) is 5.91. The molecular formula is C22H21F2NO2. The van der Waals surface area contributed by atoms with E-state index in [9.17, 15) is 8.78 Å². The van der Waals surface area contributed by atoms with E-state index in [1.165, 1.54) is 6.07 Å². The van der Waals surface area contributed by atoms with Crippen LogP contribution in [-0.2, 0) is 13.1 Å². The van der Waals surface area contributed by atoms with Crippen molar-refractivity contribution in [3.63, 3.8) is 0 Å². The molecule has 140 valence electrons. The fourth-order valence-electron chi connectivity index (χ4n) is 2.82. The number of halogens is 2. The zero-order chi connectivity index (χ0) is 19.2. The van der Waals surface area contributed by atoms with Crippen LogP contribution in [-0.4, -0.2) is 14.2 Å². The topological polar surface area (TPSA) is 21.7 Å². The van der Waals surface area contributed by atoms with Gasteiger partial charge in [-0.3, -0.25) is 0 Å². The summed E-state index contributed by atoms with van der Waals surface area (Å²) in [4.78, 5) is 1.99. The molecule has 3 rings (SSSR count). The highest BCUT2D eigenvalue weighted by molar-refractivity contribution is 5.48. The second kappa shape index (κ2) is 8.54. The van der Waals surface area contributed by atoms with E-state index in [4.69, 9.17) is 9.47 Å². The molecule has 0 spiro atoms. The number of rotatable bonds is 7. The molecule has 0 aliphatic rings. The Hall–Kier alpha value is -3.08. The molecule has 0 saturated heterocycles. The summed E-state index contributed by atoms with van der Waals surface area (Å²) < 4.78 is 37.5. The predicted octanol–water partition coefficient (Wildman–Crippen LogP) is 5.19. The number of nitrogens with zero attached hydrogens (tertiary/aromatic N) is 1. The third-order valence-electron chi connectivity index (χ3n) is 4.33. The van der Waals surface area contributed by atoms with Crippen LogP contribution in [0.15, 0.2) is 66.7 Å². The lowest BCUT2D eigenvalue weighted by atomic mass is 10.1. The smallest absolute Gasteiger partial charge is 0.160 e. The monoisotopic (exact) mass is 369 g/mol. The molecular weight excluding hydrogens is 348 g/mol. The number of hydrogen-bond donors (Lipinski definition) is 0. The van der Waals surface area contributed by atoms with E-state index in [1.54, 1.807) is 20.3 Å². The highest BCUT2D eigenvalue weighted by atomic mass is 19.2. The Morgan fingerprint density at radius 2 is 1.15 bits per heavy atom. The summed E-state index contributed by atoms with van der Waals surface area (Å²) in [7, 11) is 3.23. The molecule has 27 heavy (non-hydrogen) atoms. The summed E-state index contributed by atoms with van der Waals surface area (Å²) in [6.07, 6.45) is 0. The quantitative estimate of drug-likeness (QED) is 0.572. The van der Waals surface area contributed by atoms with Gasteiger partial charge in [-0.05, 0) is 47.5 Å². The average Bonchev–Trinajstić information content (AvgIpc) is 2.70. The Morgan fingerprint density at radius 1 is 0.667 bits per heavy atom. The first-order valence-corrected chi connectivity index (χ1v) is 8.55. The highest BCUT2D eigenvalue weighted by Gasteiger charge is 2.12. The minimum atomic E-state index is -0.859. The second-order valence-corrected chi connectivity index (χ2v) is 6.15. The number of anilines is 1. The zero-order valence-corrected chi connectivity index (χ0v) is 15.3. The van der Waals surface area contributed by atoms with Crippen LogP contribution in [0.1, 0.15) is 11.1 Å². The van der Waals surface area contributed by atoms with Gasteiger partial charge in [0.15, 0.2) is 11.6 Å². The normalized spacial score (nSPS) is 10.5. The van der Waals surface area contributed by atoms with Gasteiger partial charge < -0.3 is 14.4 Å². The molecule has 0 radical (unpaired) electrons. The summed E-state index contributed by atoms with van der Waals surface area (Å²) >= 11 is 0. The van der Waals surface area contributed by atoms with Crippen molar-refractivity contribution in [3.05, 3.63) is 89.5 Å². The van der Waals surface area contributed by atoms with Crippen LogP contribution in [0.2, 0.25) is 0 Å².